The molecule has 1 heterocycles. The van der Waals surface area contributed by atoms with Gasteiger partial charge in [-0.1, -0.05) is 27.7 Å². The van der Waals surface area contributed by atoms with Gasteiger partial charge in [-0.25, -0.2) is 4.79 Å². The lowest BCUT2D eigenvalue weighted by Gasteiger charge is -2.43. The number of aromatic carboxylic acids is 1. The number of carbonyl (C=O) groups is 2. The Morgan fingerprint density at radius 3 is 2.47 bits per heavy atom. The van der Waals surface area contributed by atoms with Gasteiger partial charge in [-0.3, -0.25) is 4.79 Å². The van der Waals surface area contributed by atoms with Crippen molar-refractivity contribution in [3.05, 3.63) is 23.2 Å². The van der Waals surface area contributed by atoms with Crippen molar-refractivity contribution in [3.63, 3.8) is 0 Å². The number of carboxylic acids is 1. The lowest BCUT2D eigenvalue weighted by Crippen LogP contribution is -2.45. The predicted molar refractivity (Wildman–Crippen MR) is 61.3 cm³/mol. The zero-order valence-electron chi connectivity index (χ0n) is 10.5. The highest BCUT2D eigenvalue weighted by Crippen LogP contribution is 2.49. The van der Waals surface area contributed by atoms with Crippen LogP contribution in [-0.4, -0.2) is 16.9 Å². The van der Waals surface area contributed by atoms with Gasteiger partial charge in [-0.15, -0.1) is 0 Å². The Morgan fingerprint density at radius 2 is 1.94 bits per heavy atom. The quantitative estimate of drug-likeness (QED) is 0.814. The molecule has 0 aromatic carbocycles. The third-order valence-corrected chi connectivity index (χ3v) is 4.19. The lowest BCUT2D eigenvalue weighted by atomic mass is 9.58. The van der Waals surface area contributed by atoms with Crippen molar-refractivity contribution in [1.29, 1.82) is 0 Å². The number of carboxylic acid groups (broad SMARTS) is 1. The number of ketones is 1. The number of hydrogen-bond acceptors (Lipinski definition) is 3. The Morgan fingerprint density at radius 1 is 1.35 bits per heavy atom. The van der Waals surface area contributed by atoms with E-state index >= 15 is 0 Å². The number of furan rings is 1. The zero-order chi connectivity index (χ0) is 13.0. The topological polar surface area (TPSA) is 67.5 Å². The number of rotatable bonds is 1. The first-order valence-electron chi connectivity index (χ1n) is 5.57. The van der Waals surface area contributed by atoms with Crippen LogP contribution in [0.2, 0.25) is 0 Å². The Labute approximate surface area is 99.6 Å². The molecule has 0 fully saturated rings. The van der Waals surface area contributed by atoms with Crippen molar-refractivity contribution in [1.82, 2.24) is 0 Å². The molecule has 0 saturated carbocycles. The summed E-state index contributed by atoms with van der Waals surface area (Å²) in [6.45, 7) is 7.71. The second-order valence-electron chi connectivity index (χ2n) is 5.77. The van der Waals surface area contributed by atoms with Crippen LogP contribution in [0.4, 0.5) is 0 Å². The van der Waals surface area contributed by atoms with E-state index < -0.39 is 11.4 Å². The molecule has 2 rings (SSSR count). The fourth-order valence-electron chi connectivity index (χ4n) is 2.18. The van der Waals surface area contributed by atoms with Crippen LogP contribution in [0.1, 0.15) is 54.2 Å². The Balaban J connectivity index is 2.65. The molecule has 0 bridgehead atoms. The van der Waals surface area contributed by atoms with Crippen LogP contribution in [0.25, 0.3) is 0 Å². The van der Waals surface area contributed by atoms with Crippen molar-refractivity contribution >= 4 is 11.8 Å². The average Bonchev–Trinajstić information content (AvgIpc) is 2.57. The van der Waals surface area contributed by atoms with Gasteiger partial charge >= 0.3 is 5.97 Å². The van der Waals surface area contributed by atoms with Gasteiger partial charge < -0.3 is 9.52 Å². The summed E-state index contributed by atoms with van der Waals surface area (Å²) in [6.07, 6.45) is 1.75. The lowest BCUT2D eigenvalue weighted by molar-refractivity contribution is 0.0499. The van der Waals surface area contributed by atoms with E-state index in [1.807, 2.05) is 27.7 Å². The highest BCUT2D eigenvalue weighted by Gasteiger charge is 2.50. The minimum atomic E-state index is -1.11. The van der Waals surface area contributed by atoms with E-state index in [0.29, 0.717) is 12.2 Å². The summed E-state index contributed by atoms with van der Waals surface area (Å²) in [5.74, 6) is -0.759. The largest absolute Gasteiger partial charge is 0.478 e. The van der Waals surface area contributed by atoms with Gasteiger partial charge in [0, 0.05) is 11.8 Å². The molecule has 0 atom stereocenters. The molecule has 0 amide bonds. The molecule has 4 heteroatoms. The average molecular weight is 236 g/mol. The summed E-state index contributed by atoms with van der Waals surface area (Å²) in [6, 6.07) is 0. The fraction of sp³-hybridized carbons (Fsp3) is 0.538. The Kier molecular flexibility index (Phi) is 2.25. The molecule has 1 N–H and O–H groups in total. The van der Waals surface area contributed by atoms with Crippen LogP contribution in [0.5, 0.6) is 0 Å². The molecular formula is C13H16O4. The van der Waals surface area contributed by atoms with Crippen molar-refractivity contribution in [2.45, 2.75) is 34.1 Å². The van der Waals surface area contributed by atoms with Crippen LogP contribution in [0.15, 0.2) is 10.7 Å². The van der Waals surface area contributed by atoms with Crippen molar-refractivity contribution in [3.8, 4) is 0 Å². The van der Waals surface area contributed by atoms with E-state index in [4.69, 9.17) is 9.52 Å². The maximum Gasteiger partial charge on any atom is 0.339 e. The SMILES string of the molecule is CC1(C)Cc2occ(C(=O)O)c2C(=O)C1(C)C. The fourth-order valence-corrected chi connectivity index (χ4v) is 2.18. The molecule has 0 spiro atoms. The van der Waals surface area contributed by atoms with E-state index in [9.17, 15) is 9.59 Å². The molecule has 1 aliphatic rings. The second-order valence-corrected chi connectivity index (χ2v) is 5.77. The molecule has 4 nitrogen and oxygen atoms in total. The maximum atomic E-state index is 12.4. The summed E-state index contributed by atoms with van der Waals surface area (Å²) in [4.78, 5) is 23.5. The van der Waals surface area contributed by atoms with Gasteiger partial charge in [0.2, 0.25) is 0 Å². The third kappa shape index (κ3) is 1.43. The van der Waals surface area contributed by atoms with Gasteiger partial charge in [-0.2, -0.15) is 0 Å². The number of fused-ring (bicyclic) bond motifs is 1. The standard InChI is InChI=1S/C13H16O4/c1-12(2)5-8-9(10(14)13(12,3)4)7(6-17-8)11(15)16/h6H,5H2,1-4H3,(H,15,16). The van der Waals surface area contributed by atoms with Crippen molar-refractivity contribution < 1.29 is 19.1 Å². The summed E-state index contributed by atoms with van der Waals surface area (Å²) >= 11 is 0. The minimum Gasteiger partial charge on any atom is -0.478 e. The molecule has 17 heavy (non-hydrogen) atoms. The highest BCUT2D eigenvalue weighted by atomic mass is 16.4. The second kappa shape index (κ2) is 3.22. The van der Waals surface area contributed by atoms with Crippen LogP contribution in [0.3, 0.4) is 0 Å². The van der Waals surface area contributed by atoms with E-state index in [2.05, 4.69) is 0 Å². The number of carbonyl (C=O) groups excluding carboxylic acids is 1. The summed E-state index contributed by atoms with van der Waals surface area (Å²) in [7, 11) is 0. The normalized spacial score (nSPS) is 21.1. The molecule has 0 unspecified atom stereocenters. The smallest absolute Gasteiger partial charge is 0.339 e. The number of hydrogen-bond donors (Lipinski definition) is 1. The van der Waals surface area contributed by atoms with Crippen LogP contribution in [-0.2, 0) is 6.42 Å². The van der Waals surface area contributed by atoms with Crippen molar-refractivity contribution in [2.24, 2.45) is 10.8 Å². The van der Waals surface area contributed by atoms with E-state index in [1.165, 1.54) is 6.26 Å². The van der Waals surface area contributed by atoms with Gasteiger partial charge in [0.25, 0.3) is 0 Å². The minimum absolute atomic E-state index is 0.0198. The third-order valence-electron chi connectivity index (χ3n) is 4.19. The molecule has 0 saturated heterocycles. The monoisotopic (exact) mass is 236 g/mol. The Bertz CT molecular complexity index is 505. The zero-order valence-corrected chi connectivity index (χ0v) is 10.5. The van der Waals surface area contributed by atoms with E-state index in [1.54, 1.807) is 0 Å². The molecule has 0 aliphatic heterocycles. The molecule has 1 aromatic heterocycles. The van der Waals surface area contributed by atoms with Gasteiger partial charge in [0.15, 0.2) is 5.78 Å². The molecule has 0 radical (unpaired) electrons. The predicted octanol–water partition coefficient (Wildman–Crippen LogP) is 2.77. The van der Waals surface area contributed by atoms with Crippen LogP contribution < -0.4 is 0 Å². The molecule has 1 aromatic rings. The molecule has 1 aliphatic carbocycles. The highest BCUT2D eigenvalue weighted by molar-refractivity contribution is 6.09. The first kappa shape index (κ1) is 11.9. The summed E-state index contributed by atoms with van der Waals surface area (Å²) in [5.41, 5.74) is -0.603. The first-order chi connectivity index (χ1) is 7.68. The van der Waals surface area contributed by atoms with E-state index in [0.717, 1.165) is 0 Å². The van der Waals surface area contributed by atoms with E-state index in [-0.39, 0.29) is 22.3 Å². The number of Topliss-reactive ketones (excluding diaryl/α,β-unsaturated/α-hetero) is 1. The molecule has 92 valence electrons. The van der Waals surface area contributed by atoms with Crippen LogP contribution in [0, 0.1) is 10.8 Å². The van der Waals surface area contributed by atoms with Crippen molar-refractivity contribution in [2.75, 3.05) is 0 Å². The van der Waals surface area contributed by atoms with Gasteiger partial charge in [-0.05, 0) is 5.41 Å². The van der Waals surface area contributed by atoms with Gasteiger partial charge in [0.1, 0.15) is 17.6 Å². The maximum absolute atomic E-state index is 12.4. The summed E-state index contributed by atoms with van der Waals surface area (Å²) < 4.78 is 5.25. The van der Waals surface area contributed by atoms with Crippen LogP contribution >= 0.6 is 0 Å². The molecular weight excluding hydrogens is 220 g/mol. The Hall–Kier alpha value is -1.58. The summed E-state index contributed by atoms with van der Waals surface area (Å²) in [5, 5.41) is 9.04. The van der Waals surface area contributed by atoms with Gasteiger partial charge in [0.05, 0.1) is 5.56 Å². The first-order valence-corrected chi connectivity index (χ1v) is 5.57.